The average Bonchev–Trinajstić information content (AvgIpc) is 2.90. The van der Waals surface area contributed by atoms with Gasteiger partial charge in [-0.1, -0.05) is 59.1 Å². The van der Waals surface area contributed by atoms with Gasteiger partial charge in [-0.05, 0) is 70.2 Å². The predicted molar refractivity (Wildman–Crippen MR) is 162 cm³/mol. The van der Waals surface area contributed by atoms with Gasteiger partial charge in [-0.15, -0.1) is 0 Å². The molecule has 1 N–H and O–H groups in total. The number of anilines is 1. The molecule has 0 aromatic heterocycles. The molecule has 1 atom stereocenters. The van der Waals surface area contributed by atoms with E-state index in [0.717, 1.165) is 17.0 Å². The molecule has 7 nitrogen and oxygen atoms in total. The van der Waals surface area contributed by atoms with Crippen LogP contribution in [0.25, 0.3) is 0 Å². The molecule has 0 fully saturated rings. The zero-order valence-electron chi connectivity index (χ0n) is 23.5. The highest BCUT2D eigenvalue weighted by molar-refractivity contribution is 7.92. The second kappa shape index (κ2) is 13.3. The lowest BCUT2D eigenvalue weighted by Crippen LogP contribution is -2.54. The van der Waals surface area contributed by atoms with Crippen LogP contribution in [0.15, 0.2) is 71.6 Å². The summed E-state index contributed by atoms with van der Waals surface area (Å²) in [7, 11) is -4.60. The third kappa shape index (κ3) is 8.56. The van der Waals surface area contributed by atoms with Crippen LogP contribution in [0.4, 0.5) is 18.9 Å². The van der Waals surface area contributed by atoms with Crippen molar-refractivity contribution in [3.63, 3.8) is 0 Å². The van der Waals surface area contributed by atoms with E-state index in [-0.39, 0.29) is 27.0 Å². The molecule has 0 heterocycles. The van der Waals surface area contributed by atoms with Crippen molar-refractivity contribution in [3.05, 3.63) is 92.9 Å². The lowest BCUT2D eigenvalue weighted by molar-refractivity contribution is -0.140. The number of halogens is 6. The Morgan fingerprint density at radius 3 is 2.00 bits per heavy atom. The molecule has 0 spiro atoms. The highest BCUT2D eigenvalue weighted by Crippen LogP contribution is 2.38. The first kappa shape index (κ1) is 34.5. The number of sulfonamides is 1. The summed E-state index contributed by atoms with van der Waals surface area (Å²) in [4.78, 5) is 28.0. The summed E-state index contributed by atoms with van der Waals surface area (Å²) in [6, 6.07) is 12.9. The van der Waals surface area contributed by atoms with Crippen molar-refractivity contribution in [2.75, 3.05) is 10.8 Å². The first-order valence-electron chi connectivity index (χ1n) is 12.8. The van der Waals surface area contributed by atoms with Crippen molar-refractivity contribution in [1.82, 2.24) is 10.2 Å². The minimum absolute atomic E-state index is 0.190. The van der Waals surface area contributed by atoms with Crippen LogP contribution in [-0.4, -0.2) is 43.3 Å². The van der Waals surface area contributed by atoms with Gasteiger partial charge in [0.2, 0.25) is 11.8 Å². The molecule has 14 heteroatoms. The minimum Gasteiger partial charge on any atom is -0.350 e. The number of benzene rings is 3. The van der Waals surface area contributed by atoms with E-state index >= 15 is 0 Å². The molecule has 1 unspecified atom stereocenters. The van der Waals surface area contributed by atoms with Gasteiger partial charge in [0.05, 0.1) is 21.2 Å². The van der Waals surface area contributed by atoms with Crippen molar-refractivity contribution < 1.29 is 31.2 Å². The Bertz CT molecular complexity index is 1580. The van der Waals surface area contributed by atoms with Gasteiger partial charge >= 0.3 is 6.18 Å². The summed E-state index contributed by atoms with van der Waals surface area (Å²) < 4.78 is 69.4. The smallest absolute Gasteiger partial charge is 0.350 e. The zero-order chi connectivity index (χ0) is 32.3. The van der Waals surface area contributed by atoms with E-state index in [9.17, 15) is 31.2 Å². The molecule has 0 bridgehead atoms. The Balaban J connectivity index is 2.16. The summed E-state index contributed by atoms with van der Waals surface area (Å²) in [6.07, 6.45) is -4.91. The second-order valence-corrected chi connectivity index (χ2v) is 13.7. The molecule has 0 saturated carbocycles. The lowest BCUT2D eigenvalue weighted by Gasteiger charge is -2.34. The zero-order valence-corrected chi connectivity index (χ0v) is 26.6. The fraction of sp³-hybridized carbons (Fsp3) is 0.310. The molecule has 0 aliphatic heterocycles. The number of nitrogens with zero attached hydrogens (tertiary/aromatic N) is 2. The Kier molecular flexibility index (Phi) is 10.7. The molecule has 0 radical (unpaired) electrons. The fourth-order valence-corrected chi connectivity index (χ4v) is 6.21. The third-order valence-electron chi connectivity index (χ3n) is 6.21. The molecule has 0 saturated heterocycles. The molecular weight excluding hydrogens is 650 g/mol. The third-order valence-corrected chi connectivity index (χ3v) is 9.03. The first-order chi connectivity index (χ1) is 19.8. The van der Waals surface area contributed by atoms with Gasteiger partial charge < -0.3 is 10.2 Å². The molecule has 0 aliphatic carbocycles. The first-order valence-corrected chi connectivity index (χ1v) is 15.4. The van der Waals surface area contributed by atoms with E-state index in [0.29, 0.717) is 10.4 Å². The van der Waals surface area contributed by atoms with E-state index in [1.807, 2.05) is 0 Å². The van der Waals surface area contributed by atoms with Crippen molar-refractivity contribution in [2.45, 2.75) is 56.9 Å². The normalized spacial score (nSPS) is 12.9. The van der Waals surface area contributed by atoms with Crippen LogP contribution in [0.3, 0.4) is 0 Å². The number of nitrogens with one attached hydrogen (secondary N) is 1. The second-order valence-electron chi connectivity index (χ2n) is 10.6. The summed E-state index contributed by atoms with van der Waals surface area (Å²) in [5, 5.41) is 2.50. The van der Waals surface area contributed by atoms with E-state index in [4.69, 9.17) is 34.8 Å². The maximum absolute atomic E-state index is 14.0. The van der Waals surface area contributed by atoms with Crippen molar-refractivity contribution in [3.8, 4) is 0 Å². The van der Waals surface area contributed by atoms with E-state index in [1.165, 1.54) is 43.3 Å². The van der Waals surface area contributed by atoms with Crippen molar-refractivity contribution >= 4 is 62.3 Å². The molecule has 2 amide bonds. The van der Waals surface area contributed by atoms with Gasteiger partial charge in [-0.2, -0.15) is 13.2 Å². The largest absolute Gasteiger partial charge is 0.417 e. The Morgan fingerprint density at radius 2 is 1.47 bits per heavy atom. The van der Waals surface area contributed by atoms with Crippen LogP contribution in [0.2, 0.25) is 15.1 Å². The molecule has 43 heavy (non-hydrogen) atoms. The Hall–Kier alpha value is -2.99. The van der Waals surface area contributed by atoms with Gasteiger partial charge in [0.15, 0.2) is 0 Å². The van der Waals surface area contributed by atoms with E-state index in [2.05, 4.69) is 5.32 Å². The molecule has 3 rings (SSSR count). The van der Waals surface area contributed by atoms with Crippen molar-refractivity contribution in [1.29, 1.82) is 0 Å². The van der Waals surface area contributed by atoms with Crippen LogP contribution in [0.1, 0.15) is 38.8 Å². The number of hydrogen-bond donors (Lipinski definition) is 1. The Morgan fingerprint density at radius 1 is 0.884 bits per heavy atom. The highest BCUT2D eigenvalue weighted by Gasteiger charge is 2.37. The minimum atomic E-state index is -4.91. The maximum Gasteiger partial charge on any atom is 0.417 e. The SMILES string of the molecule is CC(C(=O)NC(C)(C)C)N(Cc1c(Cl)cccc1Cl)C(=O)CN(c1ccc(Cl)c(C(F)(F)F)c1)S(=O)(=O)c1ccccc1. The maximum atomic E-state index is 14.0. The standard InChI is InChI=1S/C29H29Cl3F3N3O4S/c1-18(27(40)36-28(2,3)4)37(16-21-23(30)11-8-12-24(21)31)26(39)17-38(43(41,42)20-9-6-5-7-10-20)19-13-14-25(32)22(15-19)29(33,34)35/h5-15,18H,16-17H2,1-4H3,(H,36,40). The van der Waals surface area contributed by atoms with E-state index < -0.39 is 62.4 Å². The lowest BCUT2D eigenvalue weighted by atomic mass is 10.1. The summed E-state index contributed by atoms with van der Waals surface area (Å²) >= 11 is 18.5. The fourth-order valence-electron chi connectivity index (χ4n) is 4.04. The van der Waals surface area contributed by atoms with Crippen LogP contribution in [-0.2, 0) is 32.3 Å². The van der Waals surface area contributed by atoms with Gasteiger partial charge in [0.25, 0.3) is 10.0 Å². The number of amides is 2. The van der Waals surface area contributed by atoms with Gasteiger partial charge in [0, 0.05) is 27.7 Å². The number of rotatable bonds is 9. The van der Waals surface area contributed by atoms with Crippen LogP contribution < -0.4 is 9.62 Å². The molecule has 232 valence electrons. The molecule has 0 aliphatic rings. The number of hydrogen-bond acceptors (Lipinski definition) is 4. The predicted octanol–water partition coefficient (Wildman–Crippen LogP) is 7.19. The van der Waals surface area contributed by atoms with Crippen LogP contribution >= 0.6 is 34.8 Å². The van der Waals surface area contributed by atoms with Gasteiger partial charge in [-0.25, -0.2) is 8.42 Å². The molecule has 3 aromatic rings. The number of carbonyl (C=O) groups excluding carboxylic acids is 2. The van der Waals surface area contributed by atoms with Gasteiger partial charge in [-0.3, -0.25) is 13.9 Å². The number of carbonyl (C=O) groups is 2. The molecular formula is C29H29Cl3F3N3O4S. The quantitative estimate of drug-likeness (QED) is 0.260. The topological polar surface area (TPSA) is 86.8 Å². The number of alkyl halides is 3. The average molecular weight is 679 g/mol. The van der Waals surface area contributed by atoms with Gasteiger partial charge in [0.1, 0.15) is 12.6 Å². The van der Waals surface area contributed by atoms with E-state index in [1.54, 1.807) is 32.9 Å². The Labute approximate surface area is 263 Å². The summed E-state index contributed by atoms with van der Waals surface area (Å²) in [5.41, 5.74) is -2.14. The van der Waals surface area contributed by atoms with Crippen molar-refractivity contribution in [2.24, 2.45) is 0 Å². The highest BCUT2D eigenvalue weighted by atomic mass is 35.5. The molecule has 3 aromatic carbocycles. The van der Waals surface area contributed by atoms with Crippen LogP contribution in [0.5, 0.6) is 0 Å². The summed E-state index contributed by atoms with van der Waals surface area (Å²) in [5.74, 6) is -1.47. The monoisotopic (exact) mass is 677 g/mol. The van der Waals surface area contributed by atoms with Crippen LogP contribution in [0, 0.1) is 0 Å². The summed E-state index contributed by atoms with van der Waals surface area (Å²) in [6.45, 7) is 5.38.